The molecule has 0 N–H and O–H groups in total. The van der Waals surface area contributed by atoms with E-state index in [1.54, 1.807) is 0 Å². The summed E-state index contributed by atoms with van der Waals surface area (Å²) in [6.45, 7) is 8.62. The van der Waals surface area contributed by atoms with Crippen molar-refractivity contribution in [2.45, 2.75) is 34.1 Å². The minimum atomic E-state index is 0.939. The second-order valence-electron chi connectivity index (χ2n) is 12.5. The van der Waals surface area contributed by atoms with Crippen molar-refractivity contribution in [3.05, 3.63) is 130 Å². The Balaban J connectivity index is 1.22. The van der Waals surface area contributed by atoms with Crippen LogP contribution in [0.3, 0.4) is 0 Å². The zero-order valence-electron chi connectivity index (χ0n) is 24.8. The van der Waals surface area contributed by atoms with E-state index in [9.17, 15) is 0 Å². The predicted octanol–water partition coefficient (Wildman–Crippen LogP) is 11.6. The summed E-state index contributed by atoms with van der Waals surface area (Å²) in [6.07, 6.45) is 0.950. The molecule has 0 bridgehead atoms. The van der Waals surface area contributed by atoms with Crippen molar-refractivity contribution in [3.8, 4) is 33.4 Å². The minimum Gasteiger partial charge on any atom is -0.455 e. The Bertz CT molecular complexity index is 2290. The third-order valence-corrected chi connectivity index (χ3v) is 9.25. The van der Waals surface area contributed by atoms with Gasteiger partial charge in [0.05, 0.1) is 0 Å². The first kappa shape index (κ1) is 24.5. The maximum absolute atomic E-state index is 6.49. The molecule has 0 spiro atoms. The first-order valence-corrected chi connectivity index (χ1v) is 15.0. The Morgan fingerprint density at radius 2 is 0.837 bits per heavy atom. The van der Waals surface area contributed by atoms with Crippen LogP contribution < -0.4 is 0 Å². The zero-order valence-corrected chi connectivity index (χ0v) is 24.8. The van der Waals surface area contributed by atoms with Crippen LogP contribution in [0.25, 0.3) is 77.3 Å². The van der Waals surface area contributed by atoms with Gasteiger partial charge < -0.3 is 8.83 Å². The van der Waals surface area contributed by atoms with E-state index >= 15 is 0 Å². The smallest absolute Gasteiger partial charge is 0.143 e. The van der Waals surface area contributed by atoms with Crippen LogP contribution in [0.15, 0.2) is 106 Å². The van der Waals surface area contributed by atoms with Crippen LogP contribution in [0.4, 0.5) is 0 Å². The molecule has 0 aliphatic heterocycles. The monoisotopic (exact) mass is 554 g/mol. The summed E-state index contributed by atoms with van der Waals surface area (Å²) >= 11 is 0. The molecule has 1 aliphatic rings. The molecular weight excluding hydrogens is 524 g/mol. The average molecular weight is 555 g/mol. The standard InChI is InChI=1S/C41H30O2/c1-22-5-11-38-34(13-22)36-17-24(3)15-32(40(36)42-38)28-9-7-26-19-27-8-10-29(21-31(27)30(26)20-28)33-16-25(4)18-37-35-14-23(2)6-12-39(35)43-41(33)37/h5-18,20-21H,19H2,1-4H3. The molecule has 0 saturated heterocycles. The van der Waals surface area contributed by atoms with Gasteiger partial charge in [-0.1, -0.05) is 47.5 Å². The lowest BCUT2D eigenvalue weighted by Crippen LogP contribution is -1.86. The molecule has 8 aromatic rings. The Hall–Kier alpha value is -5.08. The molecular formula is C41H30O2. The van der Waals surface area contributed by atoms with Crippen LogP contribution in [0.5, 0.6) is 0 Å². The number of aryl methyl sites for hydroxylation is 4. The number of benzene rings is 6. The molecule has 2 heteroatoms. The van der Waals surface area contributed by atoms with Crippen LogP contribution in [0.2, 0.25) is 0 Å². The molecule has 0 radical (unpaired) electrons. The van der Waals surface area contributed by atoms with Gasteiger partial charge in [-0.15, -0.1) is 0 Å². The number of hydrogen-bond donors (Lipinski definition) is 0. The Kier molecular flexibility index (Phi) is 4.97. The SMILES string of the molecule is Cc1ccc2oc3c(-c4ccc5c(c4)-c4cc(-c6cc(C)cc7c6oc6ccc(C)cc67)ccc4C5)cc(C)cc3c2c1. The Morgan fingerprint density at radius 3 is 1.30 bits per heavy atom. The molecule has 2 nitrogen and oxygen atoms in total. The van der Waals surface area contributed by atoms with Crippen molar-refractivity contribution in [2.75, 3.05) is 0 Å². The molecule has 0 atom stereocenters. The highest BCUT2D eigenvalue weighted by atomic mass is 16.3. The van der Waals surface area contributed by atoms with E-state index < -0.39 is 0 Å². The van der Waals surface area contributed by atoms with Gasteiger partial charge in [-0.25, -0.2) is 0 Å². The molecule has 6 aromatic carbocycles. The topological polar surface area (TPSA) is 26.3 Å². The summed E-state index contributed by atoms with van der Waals surface area (Å²) in [4.78, 5) is 0. The second kappa shape index (κ2) is 8.72. The predicted molar refractivity (Wildman–Crippen MR) is 179 cm³/mol. The highest BCUT2D eigenvalue weighted by Gasteiger charge is 2.22. The molecule has 0 fully saturated rings. The lowest BCUT2D eigenvalue weighted by molar-refractivity contribution is 0.669. The molecule has 206 valence electrons. The van der Waals surface area contributed by atoms with E-state index in [0.29, 0.717) is 0 Å². The van der Waals surface area contributed by atoms with Gasteiger partial charge in [-0.3, -0.25) is 0 Å². The van der Waals surface area contributed by atoms with E-state index in [2.05, 4.69) is 125 Å². The van der Waals surface area contributed by atoms with Crippen molar-refractivity contribution in [2.24, 2.45) is 0 Å². The van der Waals surface area contributed by atoms with Gasteiger partial charge in [0.1, 0.15) is 22.3 Å². The first-order valence-electron chi connectivity index (χ1n) is 15.0. The fourth-order valence-corrected chi connectivity index (χ4v) is 7.20. The minimum absolute atomic E-state index is 0.939. The normalized spacial score (nSPS) is 12.6. The lowest BCUT2D eigenvalue weighted by atomic mass is 9.94. The molecule has 0 amide bonds. The molecule has 2 heterocycles. The van der Waals surface area contributed by atoms with Crippen molar-refractivity contribution in [1.29, 1.82) is 0 Å². The second-order valence-corrected chi connectivity index (χ2v) is 12.5. The van der Waals surface area contributed by atoms with Crippen LogP contribution in [-0.2, 0) is 6.42 Å². The summed E-state index contributed by atoms with van der Waals surface area (Å²) in [6, 6.07) is 35.8. The van der Waals surface area contributed by atoms with E-state index in [1.165, 1.54) is 77.2 Å². The number of hydrogen-bond acceptors (Lipinski definition) is 2. The van der Waals surface area contributed by atoms with Gasteiger partial charge in [0.25, 0.3) is 0 Å². The highest BCUT2D eigenvalue weighted by Crippen LogP contribution is 2.45. The summed E-state index contributed by atoms with van der Waals surface area (Å²) in [7, 11) is 0. The van der Waals surface area contributed by atoms with Gasteiger partial charge in [0, 0.05) is 32.7 Å². The number of rotatable bonds is 2. The largest absolute Gasteiger partial charge is 0.455 e. The van der Waals surface area contributed by atoms with Gasteiger partial charge in [-0.05, 0) is 139 Å². The quantitative estimate of drug-likeness (QED) is 0.212. The maximum atomic E-state index is 6.49. The summed E-state index contributed by atoms with van der Waals surface area (Å²) < 4.78 is 13.0. The molecule has 2 aromatic heterocycles. The number of furan rings is 2. The zero-order chi connectivity index (χ0) is 29.0. The first-order chi connectivity index (χ1) is 20.9. The van der Waals surface area contributed by atoms with E-state index in [-0.39, 0.29) is 0 Å². The molecule has 1 aliphatic carbocycles. The van der Waals surface area contributed by atoms with Crippen molar-refractivity contribution < 1.29 is 8.83 Å². The lowest BCUT2D eigenvalue weighted by Gasteiger charge is -2.10. The number of fused-ring (bicyclic) bond motifs is 9. The average Bonchev–Trinajstić information content (AvgIpc) is 3.67. The third kappa shape index (κ3) is 3.66. The van der Waals surface area contributed by atoms with Gasteiger partial charge in [0.2, 0.25) is 0 Å². The van der Waals surface area contributed by atoms with Gasteiger partial charge in [0.15, 0.2) is 0 Å². The summed E-state index contributed by atoms with van der Waals surface area (Å²) in [5, 5.41) is 4.73. The fraction of sp³-hybridized carbons (Fsp3) is 0.122. The van der Waals surface area contributed by atoms with Crippen molar-refractivity contribution >= 4 is 43.9 Å². The van der Waals surface area contributed by atoms with Gasteiger partial charge >= 0.3 is 0 Å². The van der Waals surface area contributed by atoms with Crippen LogP contribution in [0, 0.1) is 27.7 Å². The molecule has 0 saturated carbocycles. The van der Waals surface area contributed by atoms with Crippen LogP contribution in [0.1, 0.15) is 33.4 Å². The molecule has 0 unspecified atom stereocenters. The van der Waals surface area contributed by atoms with Crippen LogP contribution in [-0.4, -0.2) is 0 Å². The summed E-state index contributed by atoms with van der Waals surface area (Å²) in [5.41, 5.74) is 18.8. The highest BCUT2D eigenvalue weighted by molar-refractivity contribution is 6.11. The molecule has 43 heavy (non-hydrogen) atoms. The van der Waals surface area contributed by atoms with Gasteiger partial charge in [-0.2, -0.15) is 0 Å². The Labute approximate surface area is 250 Å². The third-order valence-electron chi connectivity index (χ3n) is 9.25. The van der Waals surface area contributed by atoms with Crippen molar-refractivity contribution in [1.82, 2.24) is 0 Å². The van der Waals surface area contributed by atoms with E-state index in [1.807, 2.05) is 0 Å². The Morgan fingerprint density at radius 1 is 0.395 bits per heavy atom. The van der Waals surface area contributed by atoms with E-state index in [0.717, 1.165) is 39.9 Å². The van der Waals surface area contributed by atoms with E-state index in [4.69, 9.17) is 8.83 Å². The van der Waals surface area contributed by atoms with Crippen LogP contribution >= 0.6 is 0 Å². The van der Waals surface area contributed by atoms with Crippen molar-refractivity contribution in [3.63, 3.8) is 0 Å². The summed E-state index contributed by atoms with van der Waals surface area (Å²) in [5.74, 6) is 0. The molecule has 9 rings (SSSR count). The fourth-order valence-electron chi connectivity index (χ4n) is 7.20. The maximum Gasteiger partial charge on any atom is 0.143 e.